The molecule has 43 heavy (non-hydrogen) atoms. The Morgan fingerprint density at radius 2 is 1.93 bits per heavy atom. The first-order valence-electron chi connectivity index (χ1n) is 15.9. The van der Waals surface area contributed by atoms with E-state index in [0.29, 0.717) is 49.3 Å². The monoisotopic (exact) mass is 595 g/mol. The van der Waals surface area contributed by atoms with Crippen molar-refractivity contribution in [2.45, 2.75) is 90.4 Å². The quantitative estimate of drug-likeness (QED) is 0.296. The molecule has 1 aliphatic heterocycles. The van der Waals surface area contributed by atoms with Crippen LogP contribution in [0.25, 0.3) is 0 Å². The number of carbonyl (C=O) groups excluding carboxylic acids is 2. The Balaban J connectivity index is 1.35. The van der Waals surface area contributed by atoms with Gasteiger partial charge in [0.2, 0.25) is 11.8 Å². The average molecular weight is 596 g/mol. The number of aromatic nitrogens is 2. The van der Waals surface area contributed by atoms with Crippen LogP contribution in [-0.2, 0) is 11.3 Å². The number of carbonyl (C=O) groups is 2. The molecule has 0 bridgehead atoms. The van der Waals surface area contributed by atoms with Gasteiger partial charge in [-0.1, -0.05) is 45.2 Å². The summed E-state index contributed by atoms with van der Waals surface area (Å²) >= 11 is 0. The fraction of sp³-hybridized carbons (Fsp3) is 0.636. The molecule has 3 N–H and O–H groups in total. The Hall–Kier alpha value is -3.08. The van der Waals surface area contributed by atoms with E-state index in [4.69, 9.17) is 9.47 Å². The highest BCUT2D eigenvalue weighted by molar-refractivity contribution is 5.98. The molecule has 10 heteroatoms. The van der Waals surface area contributed by atoms with E-state index in [1.165, 1.54) is 13.5 Å². The van der Waals surface area contributed by atoms with Gasteiger partial charge in [0, 0.05) is 37.7 Å². The maximum atomic E-state index is 13.4. The summed E-state index contributed by atoms with van der Waals surface area (Å²) in [5.41, 5.74) is 2.32. The molecule has 1 aliphatic carbocycles. The number of ketones is 1. The first kappa shape index (κ1) is 32.8. The number of rotatable bonds is 14. The Labute approximate surface area is 256 Å². The summed E-state index contributed by atoms with van der Waals surface area (Å²) in [6.07, 6.45) is 8.21. The molecule has 1 aromatic heterocycles. The topological polar surface area (TPSA) is 126 Å². The lowest BCUT2D eigenvalue weighted by atomic mass is 9.80. The zero-order chi connectivity index (χ0) is 30.8. The van der Waals surface area contributed by atoms with E-state index in [1.54, 1.807) is 6.20 Å². The largest absolute Gasteiger partial charge is 0.480 e. The summed E-state index contributed by atoms with van der Waals surface area (Å²) in [5, 5.41) is 17.4. The second kappa shape index (κ2) is 16.1. The van der Waals surface area contributed by atoms with E-state index in [2.05, 4.69) is 31.6 Å². The molecule has 2 aromatic rings. The van der Waals surface area contributed by atoms with Gasteiger partial charge in [0.05, 0.1) is 26.0 Å². The third-order valence-corrected chi connectivity index (χ3v) is 8.68. The van der Waals surface area contributed by atoms with Crippen molar-refractivity contribution in [1.82, 2.24) is 25.5 Å². The third kappa shape index (κ3) is 8.97. The number of hydrogen-bond acceptors (Lipinski definition) is 9. The summed E-state index contributed by atoms with van der Waals surface area (Å²) < 4.78 is 10.8. The van der Waals surface area contributed by atoms with Gasteiger partial charge in [-0.25, -0.2) is 4.98 Å². The number of nitrogens with one attached hydrogen (secondary N) is 2. The molecule has 1 unspecified atom stereocenters. The van der Waals surface area contributed by atoms with E-state index in [-0.39, 0.29) is 29.4 Å². The van der Waals surface area contributed by atoms with Crippen molar-refractivity contribution in [3.05, 3.63) is 47.3 Å². The maximum Gasteiger partial charge on any atom is 0.251 e. The van der Waals surface area contributed by atoms with Gasteiger partial charge in [-0.05, 0) is 62.1 Å². The molecule has 10 nitrogen and oxygen atoms in total. The zero-order valence-corrected chi connectivity index (χ0v) is 26.2. The molecule has 236 valence electrons. The lowest BCUT2D eigenvalue weighted by Gasteiger charge is -2.36. The first-order chi connectivity index (χ1) is 20.8. The van der Waals surface area contributed by atoms with E-state index >= 15 is 0 Å². The molecule has 1 saturated carbocycles. The van der Waals surface area contributed by atoms with Crippen molar-refractivity contribution < 1.29 is 24.2 Å². The van der Waals surface area contributed by atoms with Crippen molar-refractivity contribution in [3.63, 3.8) is 0 Å². The first-order valence-corrected chi connectivity index (χ1v) is 15.9. The van der Waals surface area contributed by atoms with Crippen LogP contribution in [0.2, 0.25) is 0 Å². The Bertz CT molecular complexity index is 1200. The summed E-state index contributed by atoms with van der Waals surface area (Å²) in [4.78, 5) is 37.3. The number of aliphatic hydroxyl groups is 1. The smallest absolute Gasteiger partial charge is 0.251 e. The van der Waals surface area contributed by atoms with E-state index < -0.39 is 12.3 Å². The van der Waals surface area contributed by atoms with Crippen LogP contribution in [0.3, 0.4) is 0 Å². The van der Waals surface area contributed by atoms with Crippen LogP contribution in [0.15, 0.2) is 30.5 Å². The highest BCUT2D eigenvalue weighted by Crippen LogP contribution is 2.30. The molecule has 2 aliphatic rings. The molecule has 1 saturated heterocycles. The summed E-state index contributed by atoms with van der Waals surface area (Å²) in [5.74, 6) is 1.03. The summed E-state index contributed by atoms with van der Waals surface area (Å²) in [6.45, 7) is 8.43. The van der Waals surface area contributed by atoms with Gasteiger partial charge in [-0.3, -0.25) is 14.5 Å². The summed E-state index contributed by atoms with van der Waals surface area (Å²) in [7, 11) is 1.54. The highest BCUT2D eigenvalue weighted by Gasteiger charge is 2.32. The van der Waals surface area contributed by atoms with Gasteiger partial charge >= 0.3 is 0 Å². The third-order valence-electron chi connectivity index (χ3n) is 8.68. The Kier molecular flexibility index (Phi) is 12.3. The number of hydrogen-bond donors (Lipinski definition) is 3. The van der Waals surface area contributed by atoms with Gasteiger partial charge in [0.15, 0.2) is 5.78 Å². The van der Waals surface area contributed by atoms with E-state index in [9.17, 15) is 14.7 Å². The zero-order valence-electron chi connectivity index (χ0n) is 26.2. The molecule has 3 atom stereocenters. The van der Waals surface area contributed by atoms with Gasteiger partial charge in [-0.15, -0.1) is 0 Å². The van der Waals surface area contributed by atoms with Crippen molar-refractivity contribution >= 4 is 11.7 Å². The normalized spacial score (nSPS) is 19.5. The molecule has 0 radical (unpaired) electrons. The fourth-order valence-corrected chi connectivity index (χ4v) is 6.26. The van der Waals surface area contributed by atoms with Crippen LogP contribution in [0.4, 0.5) is 0 Å². The molecular formula is C33H49N5O5. The van der Waals surface area contributed by atoms with Crippen molar-refractivity contribution in [2.75, 3.05) is 33.4 Å². The van der Waals surface area contributed by atoms with Crippen LogP contribution < -0.4 is 20.1 Å². The van der Waals surface area contributed by atoms with Crippen LogP contribution >= 0.6 is 0 Å². The lowest BCUT2D eigenvalue weighted by Crippen LogP contribution is -2.48. The SMILES string of the molecule is CCOc1nc(OC)cnc1CNCC(O)N1CCC[C@@H](c2cccc(C(=O)N[C@@H](C(=O)C(C)C)C3CCCCC3)c2)C1. The van der Waals surface area contributed by atoms with Crippen molar-refractivity contribution in [2.24, 2.45) is 11.8 Å². The van der Waals surface area contributed by atoms with E-state index in [0.717, 1.165) is 50.6 Å². The summed E-state index contributed by atoms with van der Waals surface area (Å²) in [6, 6.07) is 7.34. The minimum atomic E-state index is -0.672. The number of amides is 1. The molecule has 4 rings (SSSR count). The maximum absolute atomic E-state index is 13.4. The Morgan fingerprint density at radius 3 is 2.65 bits per heavy atom. The van der Waals surface area contributed by atoms with Gasteiger partial charge in [-0.2, -0.15) is 4.98 Å². The second-order valence-corrected chi connectivity index (χ2v) is 12.1. The number of piperidine rings is 1. The van der Waals surface area contributed by atoms with Gasteiger partial charge < -0.3 is 25.2 Å². The second-order valence-electron chi connectivity index (χ2n) is 12.1. The number of ether oxygens (including phenoxy) is 2. The van der Waals surface area contributed by atoms with Crippen molar-refractivity contribution in [3.8, 4) is 11.8 Å². The number of benzene rings is 1. The predicted octanol–water partition coefficient (Wildman–Crippen LogP) is 4.08. The van der Waals surface area contributed by atoms with E-state index in [1.807, 2.05) is 39.0 Å². The molecule has 1 amide bonds. The minimum absolute atomic E-state index is 0.120. The number of likely N-dealkylation sites (tertiary alicyclic amines) is 1. The van der Waals surface area contributed by atoms with Crippen LogP contribution in [0.5, 0.6) is 11.8 Å². The number of aliphatic hydroxyl groups excluding tert-OH is 1. The molecule has 0 spiro atoms. The minimum Gasteiger partial charge on any atom is -0.480 e. The molecule has 2 fully saturated rings. The number of nitrogens with zero attached hydrogens (tertiary/aromatic N) is 3. The van der Waals surface area contributed by atoms with Crippen molar-refractivity contribution in [1.29, 1.82) is 0 Å². The Morgan fingerprint density at radius 1 is 1.14 bits per heavy atom. The molecule has 2 heterocycles. The molecular weight excluding hydrogens is 546 g/mol. The van der Waals surface area contributed by atoms with Gasteiger partial charge in [0.1, 0.15) is 11.9 Å². The predicted molar refractivity (Wildman–Crippen MR) is 165 cm³/mol. The number of methoxy groups -OCH3 is 1. The van der Waals surface area contributed by atoms with Crippen LogP contribution in [-0.4, -0.2) is 77.3 Å². The standard InChI is InChI=1S/C33H49N5O5/c1-5-43-33-27(35-19-28(36-33)42-4)18-34-20-29(39)38-16-10-15-26(21-38)24-13-9-14-25(17-24)32(41)37-30(31(40)22(2)3)23-11-7-6-8-12-23/h9,13-14,17,19,22-23,26,29-30,34,39H,5-8,10-12,15-16,18,20-21H2,1-4H3,(H,37,41)/t26-,29?,30-/m1/s1. The number of Topliss-reactive ketones (excluding diaryl/α,β-unsaturated/α-hetero) is 1. The molecule has 1 aromatic carbocycles. The highest BCUT2D eigenvalue weighted by atomic mass is 16.5. The van der Waals surface area contributed by atoms with Crippen LogP contribution in [0, 0.1) is 11.8 Å². The van der Waals surface area contributed by atoms with Crippen LogP contribution in [0.1, 0.15) is 93.3 Å². The fourth-order valence-electron chi connectivity index (χ4n) is 6.26. The lowest BCUT2D eigenvalue weighted by molar-refractivity contribution is -0.125. The average Bonchev–Trinajstić information content (AvgIpc) is 3.04. The van der Waals surface area contributed by atoms with Gasteiger partial charge in [0.25, 0.3) is 5.91 Å².